The number of carbonyl (C=O) groups excluding carboxylic acids is 3. The van der Waals surface area contributed by atoms with Gasteiger partial charge in [-0.25, -0.2) is 9.79 Å². The molecule has 1 atom stereocenters. The Morgan fingerprint density at radius 2 is 1.67 bits per heavy atom. The van der Waals surface area contributed by atoms with Crippen molar-refractivity contribution in [2.24, 2.45) is 4.99 Å². The Bertz CT molecular complexity index is 1230. The minimum atomic E-state index is -0.608. The van der Waals surface area contributed by atoms with Crippen LogP contribution in [0.2, 0.25) is 0 Å². The number of nitrogens with one attached hydrogen (secondary N) is 1. The molecule has 1 N–H and O–H groups in total. The molecule has 1 aliphatic rings. The molecule has 4 rings (SSSR count). The van der Waals surface area contributed by atoms with Crippen molar-refractivity contribution in [3.05, 3.63) is 96.1 Å². The molecule has 1 fully saturated rings. The zero-order chi connectivity index (χ0) is 25.3. The average molecular weight is 502 g/mol. The predicted molar refractivity (Wildman–Crippen MR) is 142 cm³/mol. The lowest BCUT2D eigenvalue weighted by Gasteiger charge is -2.32. The van der Waals surface area contributed by atoms with Gasteiger partial charge in [0.2, 0.25) is 11.8 Å². The Labute approximate surface area is 214 Å². The predicted octanol–water partition coefficient (Wildman–Crippen LogP) is 5.07. The van der Waals surface area contributed by atoms with Crippen LogP contribution in [0.1, 0.15) is 29.3 Å². The van der Waals surface area contributed by atoms with Crippen molar-refractivity contribution in [1.82, 2.24) is 4.90 Å². The molecule has 0 radical (unpaired) electrons. The Balaban J connectivity index is 1.56. The van der Waals surface area contributed by atoms with Gasteiger partial charge in [0.1, 0.15) is 5.25 Å². The maximum atomic E-state index is 13.2. The molecular formula is C28H27N3O4S. The van der Waals surface area contributed by atoms with Gasteiger partial charge in [0.05, 0.1) is 17.9 Å². The number of hydrogen-bond donors (Lipinski definition) is 1. The second-order valence-electron chi connectivity index (χ2n) is 8.11. The van der Waals surface area contributed by atoms with Crippen molar-refractivity contribution in [2.45, 2.75) is 25.0 Å². The fraction of sp³-hybridized carbons (Fsp3) is 0.214. The molecule has 3 aromatic rings. The summed E-state index contributed by atoms with van der Waals surface area (Å²) in [6, 6.07) is 25.8. The number of hydrogen-bond acceptors (Lipinski definition) is 6. The van der Waals surface area contributed by atoms with E-state index in [1.807, 2.05) is 48.5 Å². The quantitative estimate of drug-likeness (QED) is 0.436. The summed E-state index contributed by atoms with van der Waals surface area (Å²) >= 11 is 1.27. The Hall–Kier alpha value is -3.91. The lowest BCUT2D eigenvalue weighted by Crippen LogP contribution is -2.46. The van der Waals surface area contributed by atoms with Gasteiger partial charge in [0, 0.05) is 18.7 Å². The highest BCUT2D eigenvalue weighted by Crippen LogP contribution is 2.30. The molecule has 1 unspecified atom stereocenters. The standard InChI is InChI=1S/C28H27N3O4S/c1-2-35-27(34)21-13-15-23(16-14-21)30-28-31(18-17-20-9-5-3-6-10-20)25(32)19-24(36-28)26(33)29-22-11-7-4-8-12-22/h3-16,24H,2,17-19H2,1H3,(H,29,33). The highest BCUT2D eigenvalue weighted by molar-refractivity contribution is 8.15. The van der Waals surface area contributed by atoms with Gasteiger partial charge in [-0.1, -0.05) is 60.3 Å². The first-order valence-electron chi connectivity index (χ1n) is 11.8. The number of aliphatic imine (C=N–C) groups is 1. The van der Waals surface area contributed by atoms with Gasteiger partial charge in [-0.2, -0.15) is 0 Å². The van der Waals surface area contributed by atoms with Crippen molar-refractivity contribution >= 4 is 46.1 Å². The van der Waals surface area contributed by atoms with Crippen molar-refractivity contribution in [1.29, 1.82) is 0 Å². The van der Waals surface area contributed by atoms with Crippen LogP contribution < -0.4 is 5.32 Å². The second-order valence-corrected chi connectivity index (χ2v) is 9.28. The number of para-hydroxylation sites is 1. The summed E-state index contributed by atoms with van der Waals surface area (Å²) in [4.78, 5) is 44.5. The van der Waals surface area contributed by atoms with Crippen LogP contribution in [0.4, 0.5) is 11.4 Å². The average Bonchev–Trinajstić information content (AvgIpc) is 2.90. The first-order valence-corrected chi connectivity index (χ1v) is 12.6. The molecule has 0 aliphatic carbocycles. The van der Waals surface area contributed by atoms with Crippen LogP contribution in [0.3, 0.4) is 0 Å². The first kappa shape index (κ1) is 25.2. The van der Waals surface area contributed by atoms with Crippen LogP contribution in [0.5, 0.6) is 0 Å². The summed E-state index contributed by atoms with van der Waals surface area (Å²) in [6.07, 6.45) is 0.744. The van der Waals surface area contributed by atoms with Gasteiger partial charge in [0.15, 0.2) is 5.17 Å². The SMILES string of the molecule is CCOC(=O)c1ccc(N=C2SC(C(=O)Nc3ccccc3)CC(=O)N2CCc2ccccc2)cc1. The fourth-order valence-electron chi connectivity index (χ4n) is 3.69. The summed E-state index contributed by atoms with van der Waals surface area (Å²) in [5.74, 6) is -0.798. The monoisotopic (exact) mass is 501 g/mol. The Morgan fingerprint density at radius 1 is 1.00 bits per heavy atom. The van der Waals surface area contributed by atoms with E-state index >= 15 is 0 Å². The molecule has 2 amide bonds. The zero-order valence-electron chi connectivity index (χ0n) is 19.9. The first-order chi connectivity index (χ1) is 17.5. The van der Waals surface area contributed by atoms with E-state index in [2.05, 4.69) is 5.32 Å². The molecule has 1 saturated heterocycles. The van der Waals surface area contributed by atoms with Crippen LogP contribution >= 0.6 is 11.8 Å². The number of ether oxygens (including phenoxy) is 1. The summed E-state index contributed by atoms with van der Waals surface area (Å²) in [5.41, 5.74) is 2.79. The summed E-state index contributed by atoms with van der Waals surface area (Å²) < 4.78 is 5.04. The number of amides is 2. The van der Waals surface area contributed by atoms with Gasteiger partial charge in [0.25, 0.3) is 0 Å². The minimum Gasteiger partial charge on any atom is -0.462 e. The topological polar surface area (TPSA) is 88.1 Å². The van der Waals surface area contributed by atoms with Gasteiger partial charge in [-0.15, -0.1) is 0 Å². The third kappa shape index (κ3) is 6.60. The van der Waals surface area contributed by atoms with Crippen LogP contribution in [0.15, 0.2) is 89.9 Å². The van der Waals surface area contributed by atoms with Crippen LogP contribution in [0.25, 0.3) is 0 Å². The molecule has 1 aliphatic heterocycles. The van der Waals surface area contributed by atoms with E-state index in [-0.39, 0.29) is 18.2 Å². The number of anilines is 1. The highest BCUT2D eigenvalue weighted by atomic mass is 32.2. The largest absolute Gasteiger partial charge is 0.462 e. The van der Waals surface area contributed by atoms with Crippen molar-refractivity contribution in [2.75, 3.05) is 18.5 Å². The van der Waals surface area contributed by atoms with Gasteiger partial charge < -0.3 is 10.1 Å². The van der Waals surface area contributed by atoms with E-state index in [0.717, 1.165) is 5.56 Å². The number of benzene rings is 3. The maximum absolute atomic E-state index is 13.2. The van der Waals surface area contributed by atoms with Crippen LogP contribution in [-0.2, 0) is 20.7 Å². The molecule has 3 aromatic carbocycles. The maximum Gasteiger partial charge on any atom is 0.338 e. The zero-order valence-corrected chi connectivity index (χ0v) is 20.7. The normalized spacial score (nSPS) is 16.6. The van der Waals surface area contributed by atoms with Crippen molar-refractivity contribution < 1.29 is 19.1 Å². The summed E-state index contributed by atoms with van der Waals surface area (Å²) in [7, 11) is 0. The second kappa shape index (κ2) is 12.2. The number of amidine groups is 1. The van der Waals surface area contributed by atoms with E-state index in [4.69, 9.17) is 9.73 Å². The number of nitrogens with zero attached hydrogens (tertiary/aromatic N) is 2. The van der Waals surface area contributed by atoms with Gasteiger partial charge >= 0.3 is 5.97 Å². The summed E-state index contributed by atoms with van der Waals surface area (Å²) in [5, 5.41) is 2.73. The van der Waals surface area contributed by atoms with Crippen LogP contribution in [-0.4, -0.2) is 46.3 Å². The number of thioether (sulfide) groups is 1. The molecule has 0 saturated carbocycles. The minimum absolute atomic E-state index is 0.0823. The smallest absolute Gasteiger partial charge is 0.338 e. The lowest BCUT2D eigenvalue weighted by molar-refractivity contribution is -0.129. The Kier molecular flexibility index (Phi) is 8.52. The molecular weight excluding hydrogens is 474 g/mol. The highest BCUT2D eigenvalue weighted by Gasteiger charge is 2.35. The Morgan fingerprint density at radius 3 is 2.33 bits per heavy atom. The molecule has 0 bridgehead atoms. The summed E-state index contributed by atoms with van der Waals surface area (Å²) in [6.45, 7) is 2.50. The third-order valence-electron chi connectivity index (χ3n) is 5.54. The molecule has 36 heavy (non-hydrogen) atoms. The van der Waals surface area contributed by atoms with E-state index in [1.54, 1.807) is 48.2 Å². The third-order valence-corrected chi connectivity index (χ3v) is 6.73. The lowest BCUT2D eigenvalue weighted by atomic mass is 10.1. The van der Waals surface area contributed by atoms with E-state index in [0.29, 0.717) is 41.7 Å². The van der Waals surface area contributed by atoms with Gasteiger partial charge in [-0.3, -0.25) is 14.5 Å². The molecule has 1 heterocycles. The number of carbonyl (C=O) groups is 3. The van der Waals surface area contributed by atoms with Crippen molar-refractivity contribution in [3.8, 4) is 0 Å². The van der Waals surface area contributed by atoms with E-state index < -0.39 is 11.2 Å². The van der Waals surface area contributed by atoms with Crippen LogP contribution in [0, 0.1) is 0 Å². The van der Waals surface area contributed by atoms with E-state index in [9.17, 15) is 14.4 Å². The number of esters is 1. The van der Waals surface area contributed by atoms with E-state index in [1.165, 1.54) is 11.8 Å². The number of rotatable bonds is 8. The molecule has 8 heteroatoms. The van der Waals surface area contributed by atoms with Crippen molar-refractivity contribution in [3.63, 3.8) is 0 Å². The molecule has 7 nitrogen and oxygen atoms in total. The molecule has 0 aromatic heterocycles. The molecule has 0 spiro atoms. The molecule has 184 valence electrons. The van der Waals surface area contributed by atoms with Gasteiger partial charge in [-0.05, 0) is 55.3 Å². The fourth-order valence-corrected chi connectivity index (χ4v) is 4.81.